The van der Waals surface area contributed by atoms with E-state index in [2.05, 4.69) is 25.8 Å². The predicted molar refractivity (Wildman–Crippen MR) is 122 cm³/mol. The van der Waals surface area contributed by atoms with Crippen molar-refractivity contribution in [3.63, 3.8) is 0 Å². The fourth-order valence-corrected chi connectivity index (χ4v) is 3.37. The van der Waals surface area contributed by atoms with Crippen molar-refractivity contribution in [2.75, 3.05) is 13.7 Å². The molecule has 0 fully saturated rings. The van der Waals surface area contributed by atoms with Gasteiger partial charge in [0.1, 0.15) is 12.4 Å². The molecule has 31 heavy (non-hydrogen) atoms. The minimum Gasteiger partial charge on any atom is -0.496 e. The van der Waals surface area contributed by atoms with E-state index in [1.165, 1.54) is 0 Å². The summed E-state index contributed by atoms with van der Waals surface area (Å²) >= 11 is 0. The van der Waals surface area contributed by atoms with Gasteiger partial charge >= 0.3 is 5.97 Å². The number of esters is 1. The highest BCUT2D eigenvalue weighted by Gasteiger charge is 2.26. The Bertz CT molecular complexity index is 1040. The van der Waals surface area contributed by atoms with Crippen LogP contribution < -0.4 is 9.47 Å². The first-order valence-corrected chi connectivity index (χ1v) is 10.4. The minimum absolute atomic E-state index is 0.194. The summed E-state index contributed by atoms with van der Waals surface area (Å²) in [5.74, 6) is 0.700. The molecule has 0 unspecified atom stereocenters. The number of carbonyl (C=O) groups excluding carboxylic acids is 1. The number of rotatable bonds is 7. The maximum atomic E-state index is 12.8. The Balaban J connectivity index is 2.13. The van der Waals surface area contributed by atoms with Crippen LogP contribution in [0.25, 0.3) is 11.1 Å². The smallest absolute Gasteiger partial charge is 0.338 e. The monoisotopic (exact) mass is 419 g/mol. The van der Waals surface area contributed by atoms with Crippen molar-refractivity contribution >= 4 is 5.97 Å². The van der Waals surface area contributed by atoms with Crippen LogP contribution in [0.1, 0.15) is 49.2 Å². The number of carbonyl (C=O) groups is 1. The van der Waals surface area contributed by atoms with Gasteiger partial charge in [0.05, 0.1) is 19.3 Å². The van der Waals surface area contributed by atoms with Gasteiger partial charge in [0, 0.05) is 22.9 Å². The maximum Gasteiger partial charge on any atom is 0.338 e. The first kappa shape index (κ1) is 22.3. The van der Waals surface area contributed by atoms with Gasteiger partial charge in [-0.2, -0.15) is 0 Å². The second-order valence-corrected chi connectivity index (χ2v) is 8.20. The van der Waals surface area contributed by atoms with Crippen molar-refractivity contribution in [1.29, 1.82) is 0 Å². The number of hydrogen-bond acceptors (Lipinski definition) is 5. The van der Waals surface area contributed by atoms with E-state index < -0.39 is 5.97 Å². The first-order chi connectivity index (χ1) is 14.8. The van der Waals surface area contributed by atoms with E-state index in [0.717, 1.165) is 16.7 Å². The topological polar surface area (TPSA) is 57.7 Å². The van der Waals surface area contributed by atoms with E-state index >= 15 is 0 Å². The minimum atomic E-state index is -0.408. The van der Waals surface area contributed by atoms with Crippen LogP contribution in [0.5, 0.6) is 11.6 Å². The Kier molecular flexibility index (Phi) is 6.95. The van der Waals surface area contributed by atoms with Gasteiger partial charge in [0.15, 0.2) is 0 Å². The second kappa shape index (κ2) is 9.65. The molecule has 0 radical (unpaired) electrons. The molecule has 0 N–H and O–H groups in total. The molecule has 0 saturated carbocycles. The van der Waals surface area contributed by atoms with Crippen LogP contribution in [-0.2, 0) is 16.8 Å². The van der Waals surface area contributed by atoms with Crippen LogP contribution in [0.2, 0.25) is 0 Å². The van der Waals surface area contributed by atoms with Crippen LogP contribution in [0.4, 0.5) is 0 Å². The van der Waals surface area contributed by atoms with E-state index in [1.807, 2.05) is 48.5 Å². The zero-order valence-electron chi connectivity index (χ0n) is 18.8. The quantitative estimate of drug-likeness (QED) is 0.452. The summed E-state index contributed by atoms with van der Waals surface area (Å²) in [5.41, 5.74) is 3.69. The molecule has 3 rings (SSSR count). The summed E-state index contributed by atoms with van der Waals surface area (Å²) in [6.45, 7) is 8.77. The van der Waals surface area contributed by atoms with Crippen LogP contribution in [-0.4, -0.2) is 24.7 Å². The number of methoxy groups -OCH3 is 1. The van der Waals surface area contributed by atoms with Crippen molar-refractivity contribution in [2.24, 2.45) is 0 Å². The summed E-state index contributed by atoms with van der Waals surface area (Å²) in [7, 11) is 1.61. The molecule has 0 bridgehead atoms. The SMILES string of the molecule is CCOC(=O)c1cc(OC)c(C(C)(C)C)cc1-c1cccnc1OCc1ccccc1. The molecule has 0 aliphatic heterocycles. The van der Waals surface area contributed by atoms with Crippen molar-refractivity contribution in [3.8, 4) is 22.8 Å². The highest BCUT2D eigenvalue weighted by atomic mass is 16.5. The third kappa shape index (κ3) is 5.23. The lowest BCUT2D eigenvalue weighted by molar-refractivity contribution is 0.0527. The molecule has 1 aromatic heterocycles. The molecule has 0 amide bonds. The van der Waals surface area contributed by atoms with Crippen LogP contribution in [0.15, 0.2) is 60.8 Å². The molecule has 3 aromatic rings. The predicted octanol–water partition coefficient (Wildman–Crippen LogP) is 5.81. The number of pyridine rings is 1. The third-order valence-corrected chi connectivity index (χ3v) is 4.92. The molecule has 0 atom stereocenters. The zero-order valence-corrected chi connectivity index (χ0v) is 18.8. The van der Waals surface area contributed by atoms with Gasteiger partial charge in [-0.15, -0.1) is 0 Å². The van der Waals surface area contributed by atoms with Gasteiger partial charge in [-0.3, -0.25) is 0 Å². The molecule has 5 nitrogen and oxygen atoms in total. The average molecular weight is 420 g/mol. The standard InChI is InChI=1S/C26H29NO4/c1-6-30-25(28)21-16-23(29-5)22(26(2,3)4)15-20(21)19-13-10-14-27-24(19)31-17-18-11-8-7-9-12-18/h7-16H,6,17H2,1-5H3. The third-order valence-electron chi connectivity index (χ3n) is 4.92. The molecule has 2 aromatic carbocycles. The molecule has 5 heteroatoms. The Labute approximate surface area is 184 Å². The van der Waals surface area contributed by atoms with Crippen molar-refractivity contribution in [2.45, 2.75) is 39.7 Å². The molecular formula is C26H29NO4. The van der Waals surface area contributed by atoms with Crippen LogP contribution >= 0.6 is 0 Å². The molecule has 0 aliphatic rings. The largest absolute Gasteiger partial charge is 0.496 e. The number of nitrogens with zero attached hydrogens (tertiary/aromatic N) is 1. The summed E-state index contributed by atoms with van der Waals surface area (Å²) in [6, 6.07) is 17.4. The van der Waals surface area contributed by atoms with Crippen molar-refractivity contribution in [1.82, 2.24) is 4.98 Å². The van der Waals surface area contributed by atoms with Crippen molar-refractivity contribution < 1.29 is 19.0 Å². The van der Waals surface area contributed by atoms with Gasteiger partial charge in [-0.1, -0.05) is 51.1 Å². The molecular weight excluding hydrogens is 390 g/mol. The summed E-state index contributed by atoms with van der Waals surface area (Å²) in [6.07, 6.45) is 1.68. The van der Waals surface area contributed by atoms with Gasteiger partial charge in [-0.05, 0) is 42.2 Å². The Hall–Kier alpha value is -3.34. The number of benzene rings is 2. The van der Waals surface area contributed by atoms with E-state index in [4.69, 9.17) is 14.2 Å². The highest BCUT2D eigenvalue weighted by molar-refractivity contribution is 5.99. The Morgan fingerprint density at radius 3 is 2.39 bits per heavy atom. The number of hydrogen-bond donors (Lipinski definition) is 0. The lowest BCUT2D eigenvalue weighted by Crippen LogP contribution is -2.15. The van der Waals surface area contributed by atoms with E-state index in [0.29, 0.717) is 29.4 Å². The second-order valence-electron chi connectivity index (χ2n) is 8.20. The first-order valence-electron chi connectivity index (χ1n) is 10.4. The van der Waals surface area contributed by atoms with Gasteiger partial charge in [0.2, 0.25) is 5.88 Å². The lowest BCUT2D eigenvalue weighted by Gasteiger charge is -2.24. The van der Waals surface area contributed by atoms with Gasteiger partial charge in [-0.25, -0.2) is 9.78 Å². The fourth-order valence-electron chi connectivity index (χ4n) is 3.37. The Morgan fingerprint density at radius 1 is 1.00 bits per heavy atom. The molecule has 0 aliphatic carbocycles. The average Bonchev–Trinajstić information content (AvgIpc) is 2.77. The summed E-state index contributed by atoms with van der Waals surface area (Å²) in [5, 5.41) is 0. The molecule has 1 heterocycles. The van der Waals surface area contributed by atoms with Crippen LogP contribution in [0.3, 0.4) is 0 Å². The fraction of sp³-hybridized carbons (Fsp3) is 0.308. The molecule has 162 valence electrons. The van der Waals surface area contributed by atoms with E-state index in [9.17, 15) is 4.79 Å². The molecule has 0 spiro atoms. The number of ether oxygens (including phenoxy) is 3. The highest BCUT2D eigenvalue weighted by Crippen LogP contribution is 2.40. The Morgan fingerprint density at radius 2 is 1.74 bits per heavy atom. The van der Waals surface area contributed by atoms with E-state index in [1.54, 1.807) is 26.3 Å². The zero-order chi connectivity index (χ0) is 22.4. The molecule has 0 saturated heterocycles. The number of aromatic nitrogens is 1. The van der Waals surface area contributed by atoms with Crippen LogP contribution in [0, 0.1) is 0 Å². The summed E-state index contributed by atoms with van der Waals surface area (Å²) in [4.78, 5) is 17.3. The summed E-state index contributed by atoms with van der Waals surface area (Å²) < 4.78 is 17.0. The normalized spacial score (nSPS) is 11.1. The lowest BCUT2D eigenvalue weighted by atomic mass is 9.83. The van der Waals surface area contributed by atoms with Gasteiger partial charge < -0.3 is 14.2 Å². The maximum absolute atomic E-state index is 12.8. The van der Waals surface area contributed by atoms with Crippen molar-refractivity contribution in [3.05, 3.63) is 77.5 Å². The van der Waals surface area contributed by atoms with Gasteiger partial charge in [0.25, 0.3) is 0 Å². The van der Waals surface area contributed by atoms with E-state index in [-0.39, 0.29) is 12.0 Å².